The Kier molecular flexibility index (Phi) is 7.51. The summed E-state index contributed by atoms with van der Waals surface area (Å²) < 4.78 is 5.95. The van der Waals surface area contributed by atoms with Gasteiger partial charge in [-0.05, 0) is 48.5 Å². The third kappa shape index (κ3) is 5.54. The van der Waals surface area contributed by atoms with Crippen molar-refractivity contribution in [3.63, 3.8) is 0 Å². The fraction of sp³-hybridized carbons (Fsp3) is 0.167. The van der Waals surface area contributed by atoms with Gasteiger partial charge in [-0.2, -0.15) is 0 Å². The second-order valence-electron chi connectivity index (χ2n) is 7.20. The van der Waals surface area contributed by atoms with Crippen LogP contribution in [-0.4, -0.2) is 60.2 Å². The fourth-order valence-corrected chi connectivity index (χ4v) is 4.56. The van der Waals surface area contributed by atoms with Crippen molar-refractivity contribution in [3.8, 4) is 32.6 Å². The molecule has 2 amide bonds. The second kappa shape index (κ2) is 10.7. The minimum absolute atomic E-state index is 0.304. The Balaban J connectivity index is 1.41. The van der Waals surface area contributed by atoms with E-state index in [0.29, 0.717) is 22.9 Å². The molecule has 2 aromatic carbocycles. The van der Waals surface area contributed by atoms with Crippen LogP contribution in [0, 0.1) is 0 Å². The van der Waals surface area contributed by atoms with E-state index in [-0.39, 0.29) is 11.8 Å². The van der Waals surface area contributed by atoms with Crippen LogP contribution >= 0.6 is 22.7 Å². The molecule has 4 rings (SSSR count). The molecule has 2 aromatic heterocycles. The lowest BCUT2D eigenvalue weighted by molar-refractivity contribution is -0.0760. The molecule has 11 heteroatoms. The molecule has 0 aliphatic heterocycles. The van der Waals surface area contributed by atoms with Gasteiger partial charge < -0.3 is 4.74 Å². The molecule has 9 nitrogen and oxygen atoms in total. The van der Waals surface area contributed by atoms with E-state index in [1.54, 1.807) is 10.8 Å². The largest absolute Gasteiger partial charge is 0.457 e. The number of thiazole rings is 2. The number of carbonyl (C=O) groups is 2. The van der Waals surface area contributed by atoms with Crippen molar-refractivity contribution in [1.29, 1.82) is 0 Å². The van der Waals surface area contributed by atoms with E-state index in [1.165, 1.54) is 51.0 Å². The second-order valence-corrected chi connectivity index (χ2v) is 8.91. The van der Waals surface area contributed by atoms with Crippen LogP contribution in [0.3, 0.4) is 0 Å². The molecular weight excluding hydrogens is 488 g/mol. The Morgan fingerprint density at radius 3 is 1.40 bits per heavy atom. The third-order valence-electron chi connectivity index (χ3n) is 5.00. The summed E-state index contributed by atoms with van der Waals surface area (Å²) in [5, 5.41) is 7.13. The van der Waals surface area contributed by atoms with E-state index in [9.17, 15) is 9.59 Å². The van der Waals surface area contributed by atoms with Crippen molar-refractivity contribution in [1.82, 2.24) is 20.1 Å². The molecule has 0 fully saturated rings. The number of rotatable bonds is 8. The number of aromatic nitrogens is 2. The summed E-state index contributed by atoms with van der Waals surface area (Å²) >= 11 is 2.77. The summed E-state index contributed by atoms with van der Waals surface area (Å²) in [4.78, 5) is 43.0. The number of carbonyl (C=O) groups excluding carboxylic acids is 2. The molecule has 0 saturated heterocycles. The fourth-order valence-electron chi connectivity index (χ4n) is 2.96. The van der Waals surface area contributed by atoms with Gasteiger partial charge >= 0.3 is 0 Å². The molecule has 0 spiro atoms. The lowest BCUT2D eigenvalue weighted by Crippen LogP contribution is -2.25. The first kappa shape index (κ1) is 24.5. The normalized spacial score (nSPS) is 10.7. The highest BCUT2D eigenvalue weighted by molar-refractivity contribution is 7.13. The first-order valence-corrected chi connectivity index (χ1v) is 12.1. The number of hydrogen-bond donors (Lipinski definition) is 0. The Hall–Kier alpha value is -3.64. The van der Waals surface area contributed by atoms with Gasteiger partial charge in [-0.25, -0.2) is 20.1 Å². The zero-order valence-electron chi connectivity index (χ0n) is 19.4. The summed E-state index contributed by atoms with van der Waals surface area (Å²) in [6, 6.07) is 14.9. The molecule has 0 atom stereocenters. The van der Waals surface area contributed by atoms with Gasteiger partial charge in [0.2, 0.25) is 0 Å². The smallest absolute Gasteiger partial charge is 0.296 e. The number of hydrogen-bond acceptors (Lipinski definition) is 9. The van der Waals surface area contributed by atoms with Gasteiger partial charge in [-0.3, -0.25) is 19.3 Å². The van der Waals surface area contributed by atoms with E-state index in [1.807, 2.05) is 48.5 Å². The van der Waals surface area contributed by atoms with Crippen molar-refractivity contribution < 1.29 is 24.0 Å². The first-order valence-electron chi connectivity index (χ1n) is 10.3. The number of nitrogens with zero attached hydrogens (tertiary/aromatic N) is 4. The predicted molar refractivity (Wildman–Crippen MR) is 133 cm³/mol. The maximum atomic E-state index is 12.2. The van der Waals surface area contributed by atoms with Crippen molar-refractivity contribution in [2.45, 2.75) is 0 Å². The Morgan fingerprint density at radius 2 is 1.06 bits per heavy atom. The molecule has 0 N–H and O–H groups in total. The average molecular weight is 511 g/mol. The van der Waals surface area contributed by atoms with Gasteiger partial charge in [0.25, 0.3) is 11.8 Å². The van der Waals surface area contributed by atoms with E-state index < -0.39 is 0 Å². The monoisotopic (exact) mass is 510 g/mol. The quantitative estimate of drug-likeness (QED) is 0.308. The predicted octanol–water partition coefficient (Wildman–Crippen LogP) is 4.99. The van der Waals surface area contributed by atoms with Crippen LogP contribution in [0.25, 0.3) is 21.1 Å². The van der Waals surface area contributed by atoms with Gasteiger partial charge in [0.15, 0.2) is 0 Å². The molecular formula is C24H22N4O5S2. The van der Waals surface area contributed by atoms with E-state index in [4.69, 9.17) is 14.4 Å². The molecule has 2 heterocycles. The highest BCUT2D eigenvalue weighted by atomic mass is 32.1. The van der Waals surface area contributed by atoms with Gasteiger partial charge in [-0.15, -0.1) is 22.7 Å². The molecule has 0 unspecified atom stereocenters. The summed E-state index contributed by atoms with van der Waals surface area (Å²) in [6.07, 6.45) is 0. The Labute approximate surface area is 210 Å². The van der Waals surface area contributed by atoms with Crippen molar-refractivity contribution >= 4 is 34.5 Å². The molecule has 0 bridgehead atoms. The zero-order chi connectivity index (χ0) is 24.9. The first-order chi connectivity index (χ1) is 16.9. The van der Waals surface area contributed by atoms with Gasteiger partial charge in [-0.1, -0.05) is 0 Å². The highest BCUT2D eigenvalue weighted by Crippen LogP contribution is 2.30. The molecule has 180 valence electrons. The van der Waals surface area contributed by atoms with E-state index >= 15 is 0 Å². The summed E-state index contributed by atoms with van der Waals surface area (Å²) in [5.74, 6) is 0.721. The van der Waals surface area contributed by atoms with Crippen molar-refractivity contribution in [3.05, 3.63) is 70.7 Å². The topological polar surface area (TPSA) is 94.1 Å². The third-order valence-corrected chi connectivity index (χ3v) is 6.79. The molecule has 4 aromatic rings. The Morgan fingerprint density at radius 1 is 0.686 bits per heavy atom. The molecule has 35 heavy (non-hydrogen) atoms. The van der Waals surface area contributed by atoms with Crippen LogP contribution in [0.2, 0.25) is 0 Å². The van der Waals surface area contributed by atoms with Crippen LogP contribution in [0.1, 0.15) is 21.0 Å². The average Bonchev–Trinajstić information content (AvgIpc) is 3.58. The maximum Gasteiger partial charge on any atom is 0.296 e. The van der Waals surface area contributed by atoms with Crippen LogP contribution in [-0.2, 0) is 9.68 Å². The van der Waals surface area contributed by atoms with Crippen molar-refractivity contribution in [2.24, 2.45) is 0 Å². The zero-order valence-corrected chi connectivity index (χ0v) is 21.1. The molecule has 0 radical (unpaired) electrons. The lowest BCUT2D eigenvalue weighted by Gasteiger charge is -2.11. The molecule has 0 aliphatic carbocycles. The highest BCUT2D eigenvalue weighted by Gasteiger charge is 2.17. The minimum atomic E-state index is -0.304. The lowest BCUT2D eigenvalue weighted by atomic mass is 10.2. The number of amides is 2. The van der Waals surface area contributed by atoms with Crippen LogP contribution in [0.4, 0.5) is 0 Å². The molecule has 0 saturated carbocycles. The van der Waals surface area contributed by atoms with E-state index in [0.717, 1.165) is 31.3 Å². The van der Waals surface area contributed by atoms with Crippen molar-refractivity contribution in [2.75, 3.05) is 28.3 Å². The van der Waals surface area contributed by atoms with Gasteiger partial charge in [0.05, 0.1) is 14.2 Å². The van der Waals surface area contributed by atoms with Crippen LogP contribution < -0.4 is 4.74 Å². The van der Waals surface area contributed by atoms with E-state index in [2.05, 4.69) is 9.97 Å². The van der Waals surface area contributed by atoms with Crippen LogP contribution in [0.5, 0.6) is 11.5 Å². The minimum Gasteiger partial charge on any atom is -0.457 e. The summed E-state index contributed by atoms with van der Waals surface area (Å²) in [6.45, 7) is 0. The number of ether oxygens (including phenoxy) is 1. The standard InChI is InChI=1S/C24H22N4O5S2/c1-27(31-3)23(29)19-13-34-21(25-19)15-5-9-17(10-6-15)33-18-11-7-16(8-12-18)22-26-20(14-35-22)24(30)28(2)32-4/h5-14H,1-4H3. The summed E-state index contributed by atoms with van der Waals surface area (Å²) in [5.41, 5.74) is 2.42. The summed E-state index contributed by atoms with van der Waals surface area (Å²) in [7, 11) is 5.93. The van der Waals surface area contributed by atoms with Crippen LogP contribution in [0.15, 0.2) is 59.3 Å². The molecule has 0 aliphatic rings. The maximum absolute atomic E-state index is 12.2. The SMILES string of the molecule is CON(C)C(=O)c1csc(-c2ccc(Oc3ccc(-c4nc(C(=O)N(C)OC)cs4)cc3)cc2)n1. The Bertz CT molecular complexity index is 1220. The number of benzene rings is 2. The van der Waals surface area contributed by atoms with Gasteiger partial charge in [0, 0.05) is 36.0 Å². The van der Waals surface area contributed by atoms with Gasteiger partial charge in [0.1, 0.15) is 32.9 Å². The number of hydroxylamine groups is 4.